The fourth-order valence-electron chi connectivity index (χ4n) is 7.25. The van der Waals surface area contributed by atoms with E-state index >= 15 is 0 Å². The summed E-state index contributed by atoms with van der Waals surface area (Å²) in [6.07, 6.45) is 71.1. The molecule has 0 fully saturated rings. The van der Waals surface area contributed by atoms with E-state index in [0.717, 1.165) is 89.9 Å². The Morgan fingerprint density at radius 1 is 0.318 bits per heavy atom. The van der Waals surface area contributed by atoms with Gasteiger partial charge in [0.05, 0.1) is 0 Å². The Kier molecular flexibility index (Phi) is 50.9. The van der Waals surface area contributed by atoms with Crippen molar-refractivity contribution in [2.75, 3.05) is 13.2 Å². The van der Waals surface area contributed by atoms with Gasteiger partial charge in [-0.05, 0) is 96.3 Å². The summed E-state index contributed by atoms with van der Waals surface area (Å²) in [5, 5.41) is 0. The number of esters is 3. The Morgan fingerprint density at radius 3 is 1.02 bits per heavy atom. The molecule has 0 bridgehead atoms. The first-order chi connectivity index (χ1) is 32.5. The van der Waals surface area contributed by atoms with Gasteiger partial charge in [0.2, 0.25) is 0 Å². The van der Waals surface area contributed by atoms with Gasteiger partial charge in [-0.2, -0.15) is 0 Å². The van der Waals surface area contributed by atoms with Crippen LogP contribution in [0.25, 0.3) is 0 Å². The molecular weight excluding hydrogens is 817 g/mol. The molecule has 0 aromatic heterocycles. The van der Waals surface area contributed by atoms with Crippen LogP contribution >= 0.6 is 0 Å². The minimum Gasteiger partial charge on any atom is -0.462 e. The third-order valence-corrected chi connectivity index (χ3v) is 11.3. The van der Waals surface area contributed by atoms with Gasteiger partial charge in [0.1, 0.15) is 13.2 Å². The van der Waals surface area contributed by atoms with E-state index in [1.807, 2.05) is 0 Å². The van der Waals surface area contributed by atoms with E-state index in [4.69, 9.17) is 14.2 Å². The predicted molar refractivity (Wildman–Crippen MR) is 284 cm³/mol. The van der Waals surface area contributed by atoms with E-state index in [9.17, 15) is 14.4 Å². The molecule has 6 nitrogen and oxygen atoms in total. The second-order valence-corrected chi connectivity index (χ2v) is 17.8. The molecule has 0 aliphatic carbocycles. The lowest BCUT2D eigenvalue weighted by Crippen LogP contribution is -2.30. The van der Waals surface area contributed by atoms with Crippen LogP contribution < -0.4 is 0 Å². The van der Waals surface area contributed by atoms with Gasteiger partial charge >= 0.3 is 17.9 Å². The van der Waals surface area contributed by atoms with E-state index in [2.05, 4.69) is 118 Å². The van der Waals surface area contributed by atoms with E-state index < -0.39 is 6.10 Å². The summed E-state index contributed by atoms with van der Waals surface area (Å²) in [6.45, 7) is 6.42. The standard InChI is InChI=1S/C60H100O6/c1-4-7-10-13-16-19-22-25-28-30-33-35-38-41-44-47-50-53-59(62)65-56-57(55-64-58(61)52-49-46-43-40-37-34-31-27-24-21-18-15-12-9-6-3)66-60(63)54-51-48-45-42-39-36-32-29-26-23-20-17-14-11-8-5-2/h7,10,16,18-19,21,25,27-28,31,33,35,37,40-41,44,57H,4-6,8-9,11-15,17,20,22-24,26,29-30,32,34,36,38-39,42-43,45-56H2,1-3H3/b10-7-,19-16-,21-18-,28-25-,31-27-,35-33-,40-37-,44-41-/t57-/m1/s1. The van der Waals surface area contributed by atoms with E-state index in [1.165, 1.54) is 109 Å². The molecule has 0 saturated heterocycles. The van der Waals surface area contributed by atoms with Gasteiger partial charge in [-0.25, -0.2) is 0 Å². The Balaban J connectivity index is 4.53. The van der Waals surface area contributed by atoms with Gasteiger partial charge in [-0.15, -0.1) is 0 Å². The van der Waals surface area contributed by atoms with Crippen LogP contribution in [0.3, 0.4) is 0 Å². The third kappa shape index (κ3) is 51.3. The van der Waals surface area contributed by atoms with Gasteiger partial charge in [0.15, 0.2) is 6.10 Å². The lowest BCUT2D eigenvalue weighted by Gasteiger charge is -2.18. The van der Waals surface area contributed by atoms with Crippen molar-refractivity contribution in [1.29, 1.82) is 0 Å². The van der Waals surface area contributed by atoms with E-state index in [1.54, 1.807) is 0 Å². The molecule has 0 aliphatic rings. The Bertz CT molecular complexity index is 1330. The van der Waals surface area contributed by atoms with Gasteiger partial charge in [-0.3, -0.25) is 14.4 Å². The lowest BCUT2D eigenvalue weighted by molar-refractivity contribution is -0.167. The maximum atomic E-state index is 12.8. The van der Waals surface area contributed by atoms with Crippen molar-refractivity contribution in [3.63, 3.8) is 0 Å². The van der Waals surface area contributed by atoms with Crippen LogP contribution in [0.15, 0.2) is 97.2 Å². The summed E-state index contributed by atoms with van der Waals surface area (Å²) in [5.41, 5.74) is 0. The fraction of sp³-hybridized carbons (Fsp3) is 0.683. The molecule has 0 aliphatic heterocycles. The van der Waals surface area contributed by atoms with Crippen LogP contribution in [0.2, 0.25) is 0 Å². The van der Waals surface area contributed by atoms with Crippen molar-refractivity contribution >= 4 is 17.9 Å². The number of ether oxygens (including phenoxy) is 3. The Labute approximate surface area is 407 Å². The molecule has 376 valence electrons. The third-order valence-electron chi connectivity index (χ3n) is 11.3. The molecule has 0 aromatic rings. The fourth-order valence-corrected chi connectivity index (χ4v) is 7.25. The van der Waals surface area contributed by atoms with Crippen LogP contribution in [0.4, 0.5) is 0 Å². The Hall–Kier alpha value is -3.67. The summed E-state index contributed by atoms with van der Waals surface area (Å²) in [7, 11) is 0. The topological polar surface area (TPSA) is 78.9 Å². The average Bonchev–Trinajstić information content (AvgIpc) is 3.31. The quantitative estimate of drug-likeness (QED) is 0.0262. The number of carbonyl (C=O) groups excluding carboxylic acids is 3. The molecule has 0 rings (SSSR count). The second kappa shape index (κ2) is 53.9. The number of hydrogen-bond acceptors (Lipinski definition) is 6. The van der Waals surface area contributed by atoms with Crippen LogP contribution in [0.5, 0.6) is 0 Å². The molecule has 0 radical (unpaired) electrons. The minimum absolute atomic E-state index is 0.114. The smallest absolute Gasteiger partial charge is 0.306 e. The molecule has 0 saturated carbocycles. The highest BCUT2D eigenvalue weighted by Gasteiger charge is 2.19. The summed E-state index contributed by atoms with van der Waals surface area (Å²) >= 11 is 0. The zero-order valence-electron chi connectivity index (χ0n) is 42.9. The zero-order valence-corrected chi connectivity index (χ0v) is 42.9. The molecule has 0 amide bonds. The van der Waals surface area contributed by atoms with Crippen molar-refractivity contribution in [2.45, 2.75) is 252 Å². The first-order valence-electron chi connectivity index (χ1n) is 27.2. The number of rotatable bonds is 48. The second-order valence-electron chi connectivity index (χ2n) is 17.8. The maximum Gasteiger partial charge on any atom is 0.306 e. The van der Waals surface area contributed by atoms with Crippen molar-refractivity contribution in [3.05, 3.63) is 97.2 Å². The van der Waals surface area contributed by atoms with E-state index in [0.29, 0.717) is 19.3 Å². The monoisotopic (exact) mass is 917 g/mol. The number of allylic oxidation sites excluding steroid dienone is 16. The Morgan fingerprint density at radius 2 is 0.606 bits per heavy atom. The summed E-state index contributed by atoms with van der Waals surface area (Å²) in [5.74, 6) is -1.01. The predicted octanol–water partition coefficient (Wildman–Crippen LogP) is 18.1. The van der Waals surface area contributed by atoms with Gasteiger partial charge in [-0.1, -0.05) is 227 Å². The molecule has 0 spiro atoms. The number of unbranched alkanes of at least 4 members (excludes halogenated alkanes) is 21. The number of carbonyl (C=O) groups is 3. The average molecular weight is 917 g/mol. The molecule has 66 heavy (non-hydrogen) atoms. The molecule has 6 heteroatoms. The van der Waals surface area contributed by atoms with E-state index in [-0.39, 0.29) is 37.5 Å². The lowest BCUT2D eigenvalue weighted by atomic mass is 10.0. The van der Waals surface area contributed by atoms with Crippen LogP contribution in [-0.2, 0) is 28.6 Å². The van der Waals surface area contributed by atoms with Gasteiger partial charge < -0.3 is 14.2 Å². The molecule has 0 N–H and O–H groups in total. The van der Waals surface area contributed by atoms with Gasteiger partial charge in [0.25, 0.3) is 0 Å². The summed E-state index contributed by atoms with van der Waals surface area (Å²) < 4.78 is 16.8. The number of hydrogen-bond donors (Lipinski definition) is 0. The largest absolute Gasteiger partial charge is 0.462 e. The van der Waals surface area contributed by atoms with Crippen molar-refractivity contribution in [1.82, 2.24) is 0 Å². The highest BCUT2D eigenvalue weighted by molar-refractivity contribution is 5.71. The molecule has 0 unspecified atom stereocenters. The van der Waals surface area contributed by atoms with Crippen molar-refractivity contribution in [2.24, 2.45) is 0 Å². The molecule has 0 aromatic carbocycles. The van der Waals surface area contributed by atoms with Gasteiger partial charge in [0, 0.05) is 19.3 Å². The summed E-state index contributed by atoms with van der Waals surface area (Å²) in [6, 6.07) is 0. The van der Waals surface area contributed by atoms with Crippen LogP contribution in [0, 0.1) is 0 Å². The first kappa shape index (κ1) is 62.3. The highest BCUT2D eigenvalue weighted by atomic mass is 16.6. The molecular formula is C60H100O6. The normalized spacial score (nSPS) is 12.8. The van der Waals surface area contributed by atoms with Crippen LogP contribution in [-0.4, -0.2) is 37.2 Å². The van der Waals surface area contributed by atoms with Crippen molar-refractivity contribution < 1.29 is 28.6 Å². The SMILES string of the molecule is CC/C=C\C/C=C\C/C=C\C/C=C\C/C=C\CCCC(=O)OC[C@@H](COC(=O)CCCC/C=C\C/C=C\C/C=C\CCCCC)OC(=O)CCCCCCCCCCCCCCCCCC. The van der Waals surface area contributed by atoms with Crippen molar-refractivity contribution in [3.8, 4) is 0 Å². The zero-order chi connectivity index (χ0) is 47.9. The van der Waals surface area contributed by atoms with Crippen LogP contribution in [0.1, 0.15) is 245 Å². The first-order valence-corrected chi connectivity index (χ1v) is 27.2. The molecule has 1 atom stereocenters. The summed E-state index contributed by atoms with van der Waals surface area (Å²) in [4.78, 5) is 38.0. The highest BCUT2D eigenvalue weighted by Crippen LogP contribution is 2.15. The molecule has 0 heterocycles. The minimum atomic E-state index is -0.815. The maximum absolute atomic E-state index is 12.8.